The number of aryl methyl sites for hydroxylation is 1. The fraction of sp³-hybridized carbons (Fsp3) is 0.167. The third-order valence-corrected chi connectivity index (χ3v) is 2.63. The Bertz CT molecular complexity index is 569. The van der Waals surface area contributed by atoms with E-state index in [2.05, 4.69) is 23.4 Å². The number of nitrogen functional groups attached to an aromatic ring is 1. The van der Waals surface area contributed by atoms with E-state index in [9.17, 15) is 0 Å². The zero-order valence-corrected chi connectivity index (χ0v) is 8.99. The molecule has 2 aromatic rings. The molecule has 1 aromatic carbocycles. The lowest BCUT2D eigenvalue weighted by Crippen LogP contribution is -2.09. The number of para-hydroxylation sites is 1. The van der Waals surface area contributed by atoms with Crippen LogP contribution in [0, 0.1) is 11.3 Å². The highest BCUT2D eigenvalue weighted by molar-refractivity contribution is 5.95. The summed E-state index contributed by atoms with van der Waals surface area (Å²) in [6.45, 7) is 2.07. The summed E-state index contributed by atoms with van der Waals surface area (Å²) < 4.78 is 0. The fourth-order valence-electron chi connectivity index (χ4n) is 1.81. The van der Waals surface area contributed by atoms with E-state index in [0.29, 0.717) is 11.3 Å². The highest BCUT2D eigenvalue weighted by atomic mass is 15.2. The standard InChI is InChI=1S/C12H12N4/c1-2-8-4-3-5-10-11(8)15-7-9(6-13)12(10)16-14/h3-5,7H,2,14H2,1H3,(H,15,16). The van der Waals surface area contributed by atoms with E-state index in [0.717, 1.165) is 22.9 Å². The van der Waals surface area contributed by atoms with E-state index in [1.54, 1.807) is 6.20 Å². The number of rotatable bonds is 2. The van der Waals surface area contributed by atoms with Gasteiger partial charge in [-0.15, -0.1) is 0 Å². The molecule has 1 aromatic heterocycles. The van der Waals surface area contributed by atoms with Crippen molar-refractivity contribution in [1.82, 2.24) is 4.98 Å². The zero-order chi connectivity index (χ0) is 11.5. The molecule has 0 radical (unpaired) electrons. The summed E-state index contributed by atoms with van der Waals surface area (Å²) in [7, 11) is 0. The molecule has 0 fully saturated rings. The van der Waals surface area contributed by atoms with Gasteiger partial charge < -0.3 is 5.43 Å². The molecule has 0 spiro atoms. The van der Waals surface area contributed by atoms with E-state index < -0.39 is 0 Å². The summed E-state index contributed by atoms with van der Waals surface area (Å²) in [6.07, 6.45) is 2.46. The maximum atomic E-state index is 8.95. The fourth-order valence-corrected chi connectivity index (χ4v) is 1.81. The summed E-state index contributed by atoms with van der Waals surface area (Å²) in [5.74, 6) is 5.45. The summed E-state index contributed by atoms with van der Waals surface area (Å²) in [6, 6.07) is 7.96. The largest absolute Gasteiger partial charge is 0.322 e. The van der Waals surface area contributed by atoms with Gasteiger partial charge in [-0.25, -0.2) is 0 Å². The normalized spacial score (nSPS) is 10.1. The molecule has 4 heteroatoms. The summed E-state index contributed by atoms with van der Waals surface area (Å²) >= 11 is 0. The van der Waals surface area contributed by atoms with Crippen LogP contribution in [0.1, 0.15) is 18.1 Å². The van der Waals surface area contributed by atoms with Crippen LogP contribution < -0.4 is 11.3 Å². The number of anilines is 1. The third kappa shape index (κ3) is 1.47. The lowest BCUT2D eigenvalue weighted by Gasteiger charge is -2.09. The number of nitrogens with zero attached hydrogens (tertiary/aromatic N) is 2. The van der Waals surface area contributed by atoms with Gasteiger partial charge in [-0.1, -0.05) is 25.1 Å². The van der Waals surface area contributed by atoms with E-state index >= 15 is 0 Å². The molecule has 2 rings (SSSR count). The zero-order valence-electron chi connectivity index (χ0n) is 8.99. The Balaban J connectivity index is 2.85. The van der Waals surface area contributed by atoms with Crippen molar-refractivity contribution in [3.8, 4) is 6.07 Å². The molecule has 0 saturated carbocycles. The maximum Gasteiger partial charge on any atom is 0.103 e. The molecule has 16 heavy (non-hydrogen) atoms. The number of pyridine rings is 1. The molecular formula is C12H12N4. The minimum absolute atomic E-state index is 0.461. The van der Waals surface area contributed by atoms with Crippen molar-refractivity contribution in [3.05, 3.63) is 35.5 Å². The predicted molar refractivity (Wildman–Crippen MR) is 63.6 cm³/mol. The number of nitrogens with two attached hydrogens (primary N) is 1. The molecule has 3 N–H and O–H groups in total. The van der Waals surface area contributed by atoms with Gasteiger partial charge in [0.05, 0.1) is 16.8 Å². The molecule has 1 heterocycles. The van der Waals surface area contributed by atoms with Gasteiger partial charge in [-0.3, -0.25) is 10.8 Å². The highest BCUT2D eigenvalue weighted by Crippen LogP contribution is 2.26. The minimum atomic E-state index is 0.461. The highest BCUT2D eigenvalue weighted by Gasteiger charge is 2.09. The van der Waals surface area contributed by atoms with Crippen molar-refractivity contribution >= 4 is 16.6 Å². The lowest BCUT2D eigenvalue weighted by molar-refractivity contribution is 1.14. The van der Waals surface area contributed by atoms with E-state index in [4.69, 9.17) is 11.1 Å². The van der Waals surface area contributed by atoms with Crippen LogP contribution >= 0.6 is 0 Å². The quantitative estimate of drug-likeness (QED) is 0.589. The predicted octanol–water partition coefficient (Wildman–Crippen LogP) is 1.95. The molecule has 80 valence electrons. The van der Waals surface area contributed by atoms with Crippen LogP contribution in [0.15, 0.2) is 24.4 Å². The average Bonchev–Trinajstić information content (AvgIpc) is 2.36. The Hall–Kier alpha value is -2.12. The van der Waals surface area contributed by atoms with Crippen molar-refractivity contribution in [2.75, 3.05) is 5.43 Å². The first-order valence-corrected chi connectivity index (χ1v) is 5.09. The molecule has 0 atom stereocenters. The van der Waals surface area contributed by atoms with Crippen molar-refractivity contribution in [2.45, 2.75) is 13.3 Å². The number of nitrogens with one attached hydrogen (secondary N) is 1. The average molecular weight is 212 g/mol. The van der Waals surface area contributed by atoms with E-state index in [1.165, 1.54) is 0 Å². The van der Waals surface area contributed by atoms with Crippen LogP contribution in [0.2, 0.25) is 0 Å². The van der Waals surface area contributed by atoms with Gasteiger partial charge in [-0.2, -0.15) is 5.26 Å². The Morgan fingerprint density at radius 2 is 2.31 bits per heavy atom. The molecule has 0 unspecified atom stereocenters. The Morgan fingerprint density at radius 1 is 1.50 bits per heavy atom. The second-order valence-electron chi connectivity index (χ2n) is 3.47. The smallest absolute Gasteiger partial charge is 0.103 e. The third-order valence-electron chi connectivity index (χ3n) is 2.63. The summed E-state index contributed by atoms with van der Waals surface area (Å²) in [4.78, 5) is 4.31. The van der Waals surface area contributed by atoms with Crippen LogP contribution in [0.25, 0.3) is 10.9 Å². The molecule has 0 amide bonds. The number of aromatic nitrogens is 1. The SMILES string of the molecule is CCc1cccc2c(NN)c(C#N)cnc12. The number of fused-ring (bicyclic) bond motifs is 1. The monoisotopic (exact) mass is 212 g/mol. The van der Waals surface area contributed by atoms with Crippen LogP contribution in [-0.2, 0) is 6.42 Å². The van der Waals surface area contributed by atoms with Gasteiger partial charge in [-0.05, 0) is 12.0 Å². The molecule has 0 saturated heterocycles. The molecule has 0 aliphatic heterocycles. The Kier molecular flexibility index (Phi) is 2.71. The van der Waals surface area contributed by atoms with Gasteiger partial charge in [0.15, 0.2) is 0 Å². The molecule has 0 aliphatic carbocycles. The second-order valence-corrected chi connectivity index (χ2v) is 3.47. The van der Waals surface area contributed by atoms with Gasteiger partial charge in [0.1, 0.15) is 6.07 Å². The Morgan fingerprint density at radius 3 is 2.94 bits per heavy atom. The van der Waals surface area contributed by atoms with E-state index in [1.807, 2.05) is 18.2 Å². The van der Waals surface area contributed by atoms with Gasteiger partial charge in [0.25, 0.3) is 0 Å². The van der Waals surface area contributed by atoms with Gasteiger partial charge >= 0.3 is 0 Å². The van der Waals surface area contributed by atoms with Gasteiger partial charge in [0.2, 0.25) is 0 Å². The maximum absolute atomic E-state index is 8.95. The lowest BCUT2D eigenvalue weighted by atomic mass is 10.0. The number of nitriles is 1. The Labute approximate surface area is 93.7 Å². The van der Waals surface area contributed by atoms with Crippen LogP contribution in [0.3, 0.4) is 0 Å². The van der Waals surface area contributed by atoms with Gasteiger partial charge in [0, 0.05) is 11.6 Å². The molecule has 4 nitrogen and oxygen atoms in total. The number of benzene rings is 1. The van der Waals surface area contributed by atoms with Crippen molar-refractivity contribution in [3.63, 3.8) is 0 Å². The topological polar surface area (TPSA) is 74.7 Å². The first-order valence-electron chi connectivity index (χ1n) is 5.09. The molecular weight excluding hydrogens is 200 g/mol. The van der Waals surface area contributed by atoms with Crippen LogP contribution in [0.5, 0.6) is 0 Å². The number of hydrazine groups is 1. The van der Waals surface area contributed by atoms with Crippen LogP contribution in [0.4, 0.5) is 5.69 Å². The second kappa shape index (κ2) is 4.17. The minimum Gasteiger partial charge on any atom is -0.322 e. The number of hydrogen-bond acceptors (Lipinski definition) is 4. The molecule has 0 aliphatic rings. The first kappa shape index (κ1) is 10.4. The molecule has 0 bridgehead atoms. The van der Waals surface area contributed by atoms with E-state index in [-0.39, 0.29) is 0 Å². The number of hydrogen-bond donors (Lipinski definition) is 2. The summed E-state index contributed by atoms with van der Waals surface area (Å²) in [5, 5.41) is 9.84. The van der Waals surface area contributed by atoms with Crippen molar-refractivity contribution in [1.29, 1.82) is 5.26 Å². The first-order chi connectivity index (χ1) is 7.81. The van der Waals surface area contributed by atoms with Crippen molar-refractivity contribution in [2.24, 2.45) is 5.84 Å². The summed E-state index contributed by atoms with van der Waals surface area (Å²) in [5.41, 5.74) is 5.73. The van der Waals surface area contributed by atoms with Crippen LogP contribution in [-0.4, -0.2) is 4.98 Å². The van der Waals surface area contributed by atoms with Crippen molar-refractivity contribution < 1.29 is 0 Å².